The molecule has 1 fully saturated rings. The van der Waals surface area contributed by atoms with Crippen molar-refractivity contribution in [3.8, 4) is 5.75 Å². The number of halogens is 1. The molecular weight excluding hydrogens is 452 g/mol. The standard InChI is InChI=1S/C22H21BrN2O3S/c1-28-18-9-8-15(12-16(18)23)13-20-22(27)25(14-21(26)24-10-4-5-11-24)17-6-2-3-7-19(17)29-20/h2-3,6-9,12-13H,4-5,10-11,14H2,1H3. The van der Waals surface area contributed by atoms with Gasteiger partial charge in [-0.3, -0.25) is 14.5 Å². The van der Waals surface area contributed by atoms with Crippen molar-refractivity contribution in [2.24, 2.45) is 0 Å². The van der Waals surface area contributed by atoms with Crippen LogP contribution in [0.15, 0.2) is 56.7 Å². The molecule has 1 saturated heterocycles. The molecule has 2 aliphatic heterocycles. The second-order valence-corrected chi connectivity index (χ2v) is 8.89. The summed E-state index contributed by atoms with van der Waals surface area (Å²) in [5.41, 5.74) is 1.68. The number of carbonyl (C=O) groups is 2. The van der Waals surface area contributed by atoms with E-state index in [2.05, 4.69) is 15.9 Å². The van der Waals surface area contributed by atoms with Crippen molar-refractivity contribution in [1.82, 2.24) is 4.90 Å². The van der Waals surface area contributed by atoms with Crippen LogP contribution >= 0.6 is 27.7 Å². The number of likely N-dealkylation sites (tertiary alicyclic amines) is 1. The van der Waals surface area contributed by atoms with Crippen molar-refractivity contribution < 1.29 is 14.3 Å². The van der Waals surface area contributed by atoms with Crippen LogP contribution in [0, 0.1) is 0 Å². The maximum absolute atomic E-state index is 13.3. The fraction of sp³-hybridized carbons (Fsp3) is 0.273. The molecule has 2 amide bonds. The quantitative estimate of drug-likeness (QED) is 0.611. The number of rotatable bonds is 4. The van der Waals surface area contributed by atoms with Crippen LogP contribution in [0.25, 0.3) is 6.08 Å². The Hall–Kier alpha value is -2.25. The smallest absolute Gasteiger partial charge is 0.265 e. The second-order valence-electron chi connectivity index (χ2n) is 6.95. The van der Waals surface area contributed by atoms with Gasteiger partial charge in [0.1, 0.15) is 12.3 Å². The predicted molar refractivity (Wildman–Crippen MR) is 119 cm³/mol. The van der Waals surface area contributed by atoms with E-state index < -0.39 is 0 Å². The summed E-state index contributed by atoms with van der Waals surface area (Å²) in [4.78, 5) is 31.0. The third-order valence-corrected chi connectivity index (χ3v) is 6.75. The number of ether oxygens (including phenoxy) is 1. The minimum absolute atomic E-state index is 0.00379. The number of para-hydroxylation sites is 1. The van der Waals surface area contributed by atoms with E-state index in [0.29, 0.717) is 4.91 Å². The molecule has 0 bridgehead atoms. The first-order chi connectivity index (χ1) is 14.1. The molecule has 0 radical (unpaired) electrons. The number of anilines is 1. The lowest BCUT2D eigenvalue weighted by Gasteiger charge is -2.31. The number of thioether (sulfide) groups is 1. The molecular formula is C22H21BrN2O3S. The summed E-state index contributed by atoms with van der Waals surface area (Å²) in [5, 5.41) is 0. The number of benzene rings is 2. The minimum atomic E-state index is -0.145. The van der Waals surface area contributed by atoms with E-state index in [-0.39, 0.29) is 18.4 Å². The fourth-order valence-electron chi connectivity index (χ4n) is 3.54. The normalized spacial score (nSPS) is 17.6. The monoisotopic (exact) mass is 472 g/mol. The Morgan fingerprint density at radius 2 is 1.97 bits per heavy atom. The van der Waals surface area contributed by atoms with Gasteiger partial charge in [-0.15, -0.1) is 0 Å². The lowest BCUT2D eigenvalue weighted by molar-refractivity contribution is -0.130. The lowest BCUT2D eigenvalue weighted by Crippen LogP contribution is -2.43. The molecule has 150 valence electrons. The molecule has 0 aliphatic carbocycles. The largest absolute Gasteiger partial charge is 0.496 e. The van der Waals surface area contributed by atoms with Crippen molar-refractivity contribution in [2.45, 2.75) is 17.7 Å². The Kier molecular flexibility index (Phi) is 5.96. The molecule has 2 aromatic carbocycles. The van der Waals surface area contributed by atoms with Crippen molar-refractivity contribution in [1.29, 1.82) is 0 Å². The van der Waals surface area contributed by atoms with Gasteiger partial charge in [0.2, 0.25) is 5.91 Å². The molecule has 4 rings (SSSR count). The van der Waals surface area contributed by atoms with E-state index in [9.17, 15) is 9.59 Å². The summed E-state index contributed by atoms with van der Waals surface area (Å²) in [5.74, 6) is 0.593. The highest BCUT2D eigenvalue weighted by atomic mass is 79.9. The van der Waals surface area contributed by atoms with E-state index in [0.717, 1.165) is 52.3 Å². The van der Waals surface area contributed by atoms with E-state index in [1.807, 2.05) is 53.4 Å². The third kappa shape index (κ3) is 4.21. The van der Waals surface area contributed by atoms with Gasteiger partial charge in [0.05, 0.1) is 22.2 Å². The van der Waals surface area contributed by atoms with Crippen molar-refractivity contribution in [3.63, 3.8) is 0 Å². The number of amides is 2. The first-order valence-corrected chi connectivity index (χ1v) is 11.1. The highest BCUT2D eigenvalue weighted by Crippen LogP contribution is 2.42. The highest BCUT2D eigenvalue weighted by Gasteiger charge is 2.32. The van der Waals surface area contributed by atoms with Crippen LogP contribution in [0.1, 0.15) is 18.4 Å². The number of hydrogen-bond donors (Lipinski definition) is 0. The molecule has 0 aromatic heterocycles. The Morgan fingerprint density at radius 1 is 1.21 bits per heavy atom. The molecule has 29 heavy (non-hydrogen) atoms. The molecule has 5 nitrogen and oxygen atoms in total. The topological polar surface area (TPSA) is 49.9 Å². The summed E-state index contributed by atoms with van der Waals surface area (Å²) in [7, 11) is 1.62. The maximum atomic E-state index is 13.3. The van der Waals surface area contributed by atoms with E-state index in [1.54, 1.807) is 12.0 Å². The number of nitrogens with zero attached hydrogens (tertiary/aromatic N) is 2. The van der Waals surface area contributed by atoms with Crippen molar-refractivity contribution in [2.75, 3.05) is 31.6 Å². The van der Waals surface area contributed by atoms with Gasteiger partial charge in [-0.25, -0.2) is 0 Å². The van der Waals surface area contributed by atoms with E-state index in [1.165, 1.54) is 11.8 Å². The number of fused-ring (bicyclic) bond motifs is 1. The summed E-state index contributed by atoms with van der Waals surface area (Å²) in [6, 6.07) is 13.4. The summed E-state index contributed by atoms with van der Waals surface area (Å²) >= 11 is 4.93. The second kappa shape index (κ2) is 8.63. The average molecular weight is 473 g/mol. The molecule has 0 atom stereocenters. The zero-order valence-corrected chi connectivity index (χ0v) is 18.5. The summed E-state index contributed by atoms with van der Waals surface area (Å²) < 4.78 is 6.10. The van der Waals surface area contributed by atoms with E-state index >= 15 is 0 Å². The van der Waals surface area contributed by atoms with E-state index in [4.69, 9.17) is 4.74 Å². The van der Waals surface area contributed by atoms with Gasteiger partial charge in [0.25, 0.3) is 5.91 Å². The minimum Gasteiger partial charge on any atom is -0.496 e. The van der Waals surface area contributed by atoms with Gasteiger partial charge in [-0.05, 0) is 64.7 Å². The van der Waals surface area contributed by atoms with Gasteiger partial charge >= 0.3 is 0 Å². The Bertz CT molecular complexity index is 986. The van der Waals surface area contributed by atoms with Crippen LogP contribution in [0.2, 0.25) is 0 Å². The molecule has 0 N–H and O–H groups in total. The Morgan fingerprint density at radius 3 is 2.69 bits per heavy atom. The number of carbonyl (C=O) groups excluding carboxylic acids is 2. The highest BCUT2D eigenvalue weighted by molar-refractivity contribution is 9.10. The third-order valence-electron chi connectivity index (χ3n) is 5.06. The zero-order chi connectivity index (χ0) is 20.4. The van der Waals surface area contributed by atoms with Crippen LogP contribution in [0.3, 0.4) is 0 Å². The summed E-state index contributed by atoms with van der Waals surface area (Å²) in [6.45, 7) is 1.62. The molecule has 7 heteroatoms. The molecule has 2 aliphatic rings. The number of hydrogen-bond acceptors (Lipinski definition) is 4. The van der Waals surface area contributed by atoms with Gasteiger partial charge in [-0.1, -0.05) is 30.0 Å². The number of methoxy groups -OCH3 is 1. The molecule has 2 heterocycles. The molecule has 2 aromatic rings. The molecule has 0 unspecified atom stereocenters. The SMILES string of the molecule is COc1ccc(C=C2Sc3ccccc3N(CC(=O)N3CCCC3)C2=O)cc1Br. The van der Waals surface area contributed by atoms with Crippen LogP contribution in [-0.2, 0) is 9.59 Å². The first-order valence-electron chi connectivity index (χ1n) is 9.48. The average Bonchev–Trinajstić information content (AvgIpc) is 3.26. The maximum Gasteiger partial charge on any atom is 0.265 e. The van der Waals surface area contributed by atoms with Crippen LogP contribution < -0.4 is 9.64 Å². The Balaban J connectivity index is 1.65. The predicted octanol–water partition coefficient (Wildman–Crippen LogP) is 4.56. The van der Waals surface area contributed by atoms with Gasteiger partial charge < -0.3 is 9.64 Å². The molecule has 0 saturated carbocycles. The first kappa shape index (κ1) is 20.0. The van der Waals surface area contributed by atoms with Crippen LogP contribution in [-0.4, -0.2) is 43.5 Å². The Labute approximate surface area is 182 Å². The molecule has 0 spiro atoms. The van der Waals surface area contributed by atoms with Crippen LogP contribution in [0.5, 0.6) is 5.75 Å². The van der Waals surface area contributed by atoms with Crippen LogP contribution in [0.4, 0.5) is 5.69 Å². The van der Waals surface area contributed by atoms with Crippen molar-refractivity contribution >= 4 is 51.3 Å². The summed E-state index contributed by atoms with van der Waals surface area (Å²) in [6.07, 6.45) is 3.92. The fourth-order valence-corrected chi connectivity index (χ4v) is 5.16. The van der Waals surface area contributed by atoms with Gasteiger partial charge in [0, 0.05) is 18.0 Å². The zero-order valence-electron chi connectivity index (χ0n) is 16.1. The lowest BCUT2D eigenvalue weighted by atomic mass is 10.2. The van der Waals surface area contributed by atoms with Gasteiger partial charge in [-0.2, -0.15) is 0 Å². The van der Waals surface area contributed by atoms with Gasteiger partial charge in [0.15, 0.2) is 0 Å². The van der Waals surface area contributed by atoms with Crippen molar-refractivity contribution in [3.05, 3.63) is 57.4 Å².